The maximum Gasteiger partial charge on any atom is 0.196 e. The highest BCUT2D eigenvalue weighted by Crippen LogP contribution is 2.26. The first-order valence-electron chi connectivity index (χ1n) is 8.37. The number of morpholine rings is 1. The van der Waals surface area contributed by atoms with Gasteiger partial charge in [-0.15, -0.1) is 0 Å². The zero-order chi connectivity index (χ0) is 17.1. The minimum atomic E-state index is 0.591. The Hall–Kier alpha value is -3.03. The van der Waals surface area contributed by atoms with Gasteiger partial charge in [0.15, 0.2) is 5.88 Å². The molecule has 1 fully saturated rings. The van der Waals surface area contributed by atoms with E-state index in [-0.39, 0.29) is 0 Å². The van der Waals surface area contributed by atoms with Crippen molar-refractivity contribution in [1.29, 1.82) is 5.26 Å². The molecule has 0 unspecified atom stereocenters. The number of rotatable bonds is 3. The van der Waals surface area contributed by atoms with Gasteiger partial charge in [0.25, 0.3) is 0 Å². The molecule has 4 nitrogen and oxygen atoms in total. The topological polar surface area (TPSA) is 49.4 Å². The fourth-order valence-corrected chi connectivity index (χ4v) is 3.05. The maximum absolute atomic E-state index is 9.58. The smallest absolute Gasteiger partial charge is 0.196 e. The summed E-state index contributed by atoms with van der Waals surface area (Å²) in [7, 11) is 0. The Labute approximate surface area is 146 Å². The van der Waals surface area contributed by atoms with Crippen LogP contribution in [0.5, 0.6) is 0 Å². The first-order valence-corrected chi connectivity index (χ1v) is 8.37. The number of furan rings is 1. The van der Waals surface area contributed by atoms with Crippen molar-refractivity contribution in [3.05, 3.63) is 65.9 Å². The van der Waals surface area contributed by atoms with Crippen LogP contribution in [0.15, 0.2) is 59.0 Å². The average molecular weight is 330 g/mol. The van der Waals surface area contributed by atoms with Crippen LogP contribution in [0.4, 0.5) is 5.88 Å². The fraction of sp³-hybridized carbons (Fsp3) is 0.190. The highest BCUT2D eigenvalue weighted by molar-refractivity contribution is 5.93. The molecule has 1 aromatic heterocycles. The van der Waals surface area contributed by atoms with Gasteiger partial charge in [-0.2, -0.15) is 5.26 Å². The zero-order valence-corrected chi connectivity index (χ0v) is 13.8. The summed E-state index contributed by atoms with van der Waals surface area (Å²) in [6.45, 7) is 3.08. The van der Waals surface area contributed by atoms with Gasteiger partial charge >= 0.3 is 0 Å². The van der Waals surface area contributed by atoms with Crippen molar-refractivity contribution in [2.24, 2.45) is 0 Å². The van der Waals surface area contributed by atoms with Crippen molar-refractivity contribution in [1.82, 2.24) is 0 Å². The molecule has 2 heterocycles. The maximum atomic E-state index is 9.58. The summed E-state index contributed by atoms with van der Waals surface area (Å²) in [5.74, 6) is 1.51. The fourth-order valence-electron chi connectivity index (χ4n) is 3.05. The van der Waals surface area contributed by atoms with Gasteiger partial charge < -0.3 is 14.1 Å². The normalized spacial score (nSPS) is 15.3. The van der Waals surface area contributed by atoms with Crippen LogP contribution >= 0.6 is 0 Å². The molecular weight excluding hydrogens is 312 g/mol. The van der Waals surface area contributed by atoms with Gasteiger partial charge in [-0.05, 0) is 34.5 Å². The molecule has 0 atom stereocenters. The zero-order valence-electron chi connectivity index (χ0n) is 13.8. The first-order chi connectivity index (χ1) is 12.3. The predicted octanol–water partition coefficient (Wildman–Crippen LogP) is 4.33. The molecule has 1 aliphatic rings. The summed E-state index contributed by atoms with van der Waals surface area (Å²) >= 11 is 0. The first kappa shape index (κ1) is 15.5. The molecule has 4 heteroatoms. The Bertz CT molecular complexity index is 959. The lowest BCUT2D eigenvalue weighted by Crippen LogP contribution is -2.35. The van der Waals surface area contributed by atoms with E-state index in [9.17, 15) is 5.26 Å². The minimum absolute atomic E-state index is 0.591. The van der Waals surface area contributed by atoms with E-state index in [0.717, 1.165) is 35.3 Å². The quantitative estimate of drug-likeness (QED) is 0.671. The number of hydrogen-bond donors (Lipinski definition) is 0. The Morgan fingerprint density at radius 3 is 2.60 bits per heavy atom. The molecule has 4 rings (SSSR count). The van der Waals surface area contributed by atoms with Crippen molar-refractivity contribution >= 4 is 28.3 Å². The van der Waals surface area contributed by atoms with Crippen molar-refractivity contribution in [2.75, 3.05) is 31.2 Å². The van der Waals surface area contributed by atoms with Crippen LogP contribution in [0.1, 0.15) is 11.3 Å². The van der Waals surface area contributed by atoms with Crippen LogP contribution in [-0.2, 0) is 4.74 Å². The Kier molecular flexibility index (Phi) is 4.24. The van der Waals surface area contributed by atoms with Crippen molar-refractivity contribution in [3.63, 3.8) is 0 Å². The summed E-state index contributed by atoms with van der Waals surface area (Å²) in [5.41, 5.74) is 1.49. The lowest BCUT2D eigenvalue weighted by atomic mass is 10.0. The number of ether oxygens (including phenoxy) is 1. The van der Waals surface area contributed by atoms with Gasteiger partial charge in [-0.3, -0.25) is 0 Å². The molecule has 2 aromatic carbocycles. The largest absolute Gasteiger partial charge is 0.441 e. The van der Waals surface area contributed by atoms with Crippen LogP contribution in [0.25, 0.3) is 22.4 Å². The number of hydrogen-bond acceptors (Lipinski definition) is 4. The number of nitrogens with zero attached hydrogens (tertiary/aromatic N) is 2. The van der Waals surface area contributed by atoms with E-state index < -0.39 is 0 Å². The van der Waals surface area contributed by atoms with E-state index >= 15 is 0 Å². The summed E-state index contributed by atoms with van der Waals surface area (Å²) in [5, 5.41) is 11.9. The van der Waals surface area contributed by atoms with Gasteiger partial charge in [-0.25, -0.2) is 0 Å². The van der Waals surface area contributed by atoms with Gasteiger partial charge in [0.1, 0.15) is 5.76 Å². The second-order valence-corrected chi connectivity index (χ2v) is 6.01. The lowest BCUT2D eigenvalue weighted by Gasteiger charge is -2.26. The molecule has 0 amide bonds. The van der Waals surface area contributed by atoms with Crippen LogP contribution in [0, 0.1) is 11.3 Å². The molecule has 0 aliphatic carbocycles. The summed E-state index contributed by atoms with van der Waals surface area (Å²) in [6.07, 6.45) is 1.80. The van der Waals surface area contributed by atoms with Crippen molar-refractivity contribution in [2.45, 2.75) is 0 Å². The van der Waals surface area contributed by atoms with Gasteiger partial charge in [0, 0.05) is 19.2 Å². The SMILES string of the molecule is N#C/C(=C/c1ccc(N2CCOCC2)o1)c1ccc2ccccc2c1. The third-order valence-electron chi connectivity index (χ3n) is 4.40. The summed E-state index contributed by atoms with van der Waals surface area (Å²) < 4.78 is 11.3. The molecule has 0 radical (unpaired) electrons. The molecule has 0 saturated carbocycles. The summed E-state index contributed by atoms with van der Waals surface area (Å²) in [6, 6.07) is 20.3. The van der Waals surface area contributed by atoms with E-state index in [1.54, 1.807) is 6.08 Å². The van der Waals surface area contributed by atoms with E-state index in [0.29, 0.717) is 24.5 Å². The molecule has 3 aromatic rings. The van der Waals surface area contributed by atoms with Crippen molar-refractivity contribution < 1.29 is 9.15 Å². The summed E-state index contributed by atoms with van der Waals surface area (Å²) in [4.78, 5) is 2.16. The van der Waals surface area contributed by atoms with Crippen molar-refractivity contribution in [3.8, 4) is 6.07 Å². The molecule has 0 spiro atoms. The number of benzene rings is 2. The van der Waals surface area contributed by atoms with Crippen LogP contribution in [0.2, 0.25) is 0 Å². The van der Waals surface area contributed by atoms with E-state index in [2.05, 4.69) is 23.1 Å². The molecule has 25 heavy (non-hydrogen) atoms. The monoisotopic (exact) mass is 330 g/mol. The highest BCUT2D eigenvalue weighted by Gasteiger charge is 2.14. The van der Waals surface area contributed by atoms with E-state index in [1.165, 1.54) is 0 Å². The average Bonchev–Trinajstić information content (AvgIpc) is 3.15. The molecule has 0 bridgehead atoms. The van der Waals surface area contributed by atoms with Crippen LogP contribution in [0.3, 0.4) is 0 Å². The molecular formula is C21H18N2O2. The third kappa shape index (κ3) is 3.28. The van der Waals surface area contributed by atoms with Crippen LogP contribution in [-0.4, -0.2) is 26.3 Å². The molecule has 0 N–H and O–H groups in total. The standard InChI is InChI=1S/C21H18N2O2/c22-15-19(18-6-5-16-3-1-2-4-17(16)13-18)14-20-7-8-21(25-20)23-9-11-24-12-10-23/h1-8,13-14H,9-12H2/b19-14-. The lowest BCUT2D eigenvalue weighted by molar-refractivity contribution is 0.120. The predicted molar refractivity (Wildman–Crippen MR) is 99.2 cm³/mol. The van der Waals surface area contributed by atoms with E-state index in [4.69, 9.17) is 9.15 Å². The van der Waals surface area contributed by atoms with Crippen LogP contribution < -0.4 is 4.90 Å². The highest BCUT2D eigenvalue weighted by atomic mass is 16.5. The van der Waals surface area contributed by atoms with E-state index in [1.807, 2.05) is 42.5 Å². The molecule has 1 saturated heterocycles. The Morgan fingerprint density at radius 1 is 1.00 bits per heavy atom. The second kappa shape index (κ2) is 6.84. The second-order valence-electron chi connectivity index (χ2n) is 6.01. The Balaban J connectivity index is 1.63. The minimum Gasteiger partial charge on any atom is -0.441 e. The number of anilines is 1. The number of nitriles is 1. The van der Waals surface area contributed by atoms with Gasteiger partial charge in [0.05, 0.1) is 24.9 Å². The Morgan fingerprint density at radius 2 is 1.80 bits per heavy atom. The number of fused-ring (bicyclic) bond motifs is 1. The number of allylic oxidation sites excluding steroid dienone is 1. The van der Waals surface area contributed by atoms with Gasteiger partial charge in [-0.1, -0.05) is 36.4 Å². The molecule has 1 aliphatic heterocycles. The van der Waals surface area contributed by atoms with Gasteiger partial charge in [0.2, 0.25) is 0 Å². The molecule has 124 valence electrons. The third-order valence-corrected chi connectivity index (χ3v) is 4.40.